The first kappa shape index (κ1) is 38.6. The lowest BCUT2D eigenvalue weighted by molar-refractivity contribution is -0.147. The van der Waals surface area contributed by atoms with E-state index in [9.17, 15) is 29.7 Å². The van der Waals surface area contributed by atoms with Crippen LogP contribution in [0.2, 0.25) is 0 Å². The zero-order valence-electron chi connectivity index (χ0n) is 27.3. The van der Waals surface area contributed by atoms with Crippen molar-refractivity contribution < 1.29 is 38.1 Å². The van der Waals surface area contributed by atoms with E-state index in [-0.39, 0.29) is 48.2 Å². The number of hydrogen-bond donors (Lipinski definition) is 0. The number of rotatable bonds is 15. The van der Waals surface area contributed by atoms with E-state index in [0.717, 1.165) is 15.9 Å². The molecule has 3 aromatic carbocycles. The zero-order valence-corrected chi connectivity index (χ0v) is 29.0. The minimum Gasteiger partial charge on any atom is -0.459 e. The molecule has 0 aliphatic rings. The van der Waals surface area contributed by atoms with Crippen molar-refractivity contribution >= 4 is 70.4 Å². The van der Waals surface area contributed by atoms with Crippen molar-refractivity contribution in [2.24, 2.45) is 0 Å². The van der Waals surface area contributed by atoms with Gasteiger partial charge in [0.25, 0.3) is 0 Å². The van der Waals surface area contributed by atoms with Crippen LogP contribution >= 0.6 is 19.5 Å². The predicted octanol–water partition coefficient (Wildman–Crippen LogP) is 5.15. The largest absolute Gasteiger partial charge is 0.459 e. The summed E-state index contributed by atoms with van der Waals surface area (Å²) in [5.74, 6) is -3.03. The highest BCUT2D eigenvalue weighted by Crippen LogP contribution is 2.34. The fraction of sp³-hybridized carbons (Fsp3) is 0.158. The smallest absolute Gasteiger partial charge is 0.350 e. The molecule has 0 spiro atoms. The molecule has 1 unspecified atom stereocenters. The number of carbonyl (C=O) groups excluding carboxylic acids is 4. The summed E-state index contributed by atoms with van der Waals surface area (Å²) in [5.41, 5.74) is 0.818. The molecule has 0 aliphatic heterocycles. The van der Waals surface area contributed by atoms with E-state index >= 15 is 0 Å². The van der Waals surface area contributed by atoms with Crippen molar-refractivity contribution in [2.75, 3.05) is 26.4 Å². The van der Waals surface area contributed by atoms with Crippen molar-refractivity contribution in [1.29, 1.82) is 10.5 Å². The van der Waals surface area contributed by atoms with Gasteiger partial charge in [0.15, 0.2) is 5.57 Å². The van der Waals surface area contributed by atoms with Crippen LogP contribution in [0.15, 0.2) is 114 Å². The van der Waals surface area contributed by atoms with Crippen LogP contribution in [0.4, 0.5) is 0 Å². The molecule has 0 amide bonds. The highest BCUT2D eigenvalue weighted by atomic mass is 35.5. The minimum absolute atomic E-state index is 0.0946. The first-order valence-electron chi connectivity index (χ1n) is 14.9. The molecule has 3 rings (SSSR count). The minimum atomic E-state index is -1.09. The maximum atomic E-state index is 12.6. The van der Waals surface area contributed by atoms with Gasteiger partial charge in [-0.3, -0.25) is 0 Å². The number of ether oxygens (including phenoxy) is 4. The first-order valence-corrected chi connectivity index (χ1v) is 16.7. The summed E-state index contributed by atoms with van der Waals surface area (Å²) < 4.78 is 19.9. The van der Waals surface area contributed by atoms with Gasteiger partial charge in [-0.2, -0.15) is 10.5 Å². The maximum Gasteiger partial charge on any atom is 0.350 e. The van der Waals surface area contributed by atoms with Crippen LogP contribution in [0.1, 0.15) is 25.0 Å². The normalized spacial score (nSPS) is 11.8. The standard InChI is InChI=1S/C38H32ClN2O8P/c1-25(2)35(42)46-18-20-48-37(44)29(23-40)22-27-10-14-31(15-11-27)50(30-8-6-5-7-9-30)32-16-12-28(13-17-32)34(39)33(24-41)38(45)49-21-19-47-36(43)26(3)4/h5-17,22H,1,3,18-21H2,2,4H3. The molecule has 0 fully saturated rings. The number of esters is 4. The van der Waals surface area contributed by atoms with Gasteiger partial charge in [-0.15, -0.1) is 0 Å². The second-order valence-electron chi connectivity index (χ2n) is 10.4. The lowest BCUT2D eigenvalue weighted by Crippen LogP contribution is -2.20. The number of carbonyl (C=O) groups is 4. The van der Waals surface area contributed by atoms with E-state index < -0.39 is 37.4 Å². The van der Waals surface area contributed by atoms with Gasteiger partial charge in [-0.05, 0) is 54.9 Å². The van der Waals surface area contributed by atoms with Gasteiger partial charge in [-0.1, -0.05) is 104 Å². The van der Waals surface area contributed by atoms with Crippen LogP contribution < -0.4 is 15.9 Å². The Kier molecular flexibility index (Phi) is 14.9. The summed E-state index contributed by atoms with van der Waals surface area (Å²) in [7, 11) is -1.09. The lowest BCUT2D eigenvalue weighted by atomic mass is 10.1. The van der Waals surface area contributed by atoms with Crippen molar-refractivity contribution in [3.63, 3.8) is 0 Å². The molecule has 0 saturated carbocycles. The molecule has 50 heavy (non-hydrogen) atoms. The first-order chi connectivity index (χ1) is 24.0. The van der Waals surface area contributed by atoms with Crippen LogP contribution in [-0.4, -0.2) is 50.3 Å². The van der Waals surface area contributed by atoms with E-state index in [4.69, 9.17) is 30.5 Å². The molecule has 0 N–H and O–H groups in total. The predicted molar refractivity (Wildman–Crippen MR) is 191 cm³/mol. The molecule has 3 aromatic rings. The van der Waals surface area contributed by atoms with Crippen molar-refractivity contribution in [1.82, 2.24) is 0 Å². The summed E-state index contributed by atoms with van der Waals surface area (Å²) in [5, 5.41) is 22.0. The quantitative estimate of drug-likeness (QED) is 0.0517. The number of benzene rings is 3. The van der Waals surface area contributed by atoms with E-state index in [2.05, 4.69) is 13.2 Å². The van der Waals surface area contributed by atoms with Crippen LogP contribution in [0, 0.1) is 22.7 Å². The Morgan fingerprint density at radius 3 is 1.56 bits per heavy atom. The van der Waals surface area contributed by atoms with Gasteiger partial charge in [0.2, 0.25) is 0 Å². The highest BCUT2D eigenvalue weighted by Gasteiger charge is 2.20. The molecule has 0 heterocycles. The molecule has 12 heteroatoms. The summed E-state index contributed by atoms with van der Waals surface area (Å²) in [6.07, 6.45) is 1.41. The van der Waals surface area contributed by atoms with Crippen LogP contribution in [0.3, 0.4) is 0 Å². The molecule has 0 aromatic heterocycles. The van der Waals surface area contributed by atoms with E-state index in [0.29, 0.717) is 11.1 Å². The third-order valence-electron chi connectivity index (χ3n) is 6.53. The molecular formula is C38H32ClN2O8P. The topological polar surface area (TPSA) is 153 Å². The molecular weight excluding hydrogens is 679 g/mol. The number of hydrogen-bond acceptors (Lipinski definition) is 10. The highest BCUT2D eigenvalue weighted by molar-refractivity contribution is 7.79. The Balaban J connectivity index is 1.80. The van der Waals surface area contributed by atoms with Gasteiger partial charge < -0.3 is 18.9 Å². The van der Waals surface area contributed by atoms with E-state index in [1.807, 2.05) is 60.7 Å². The maximum absolute atomic E-state index is 12.6. The summed E-state index contributed by atoms with van der Waals surface area (Å²) in [6, 6.07) is 27.9. The Morgan fingerprint density at radius 1 is 0.660 bits per heavy atom. The van der Waals surface area contributed by atoms with Crippen molar-refractivity contribution in [2.45, 2.75) is 13.8 Å². The average molecular weight is 711 g/mol. The number of halogens is 1. The molecule has 10 nitrogen and oxygen atoms in total. The Labute approximate surface area is 296 Å². The summed E-state index contributed by atoms with van der Waals surface area (Å²) in [6.45, 7) is 9.08. The zero-order chi connectivity index (χ0) is 36.6. The van der Waals surface area contributed by atoms with Crippen molar-refractivity contribution in [3.05, 3.63) is 125 Å². The fourth-order valence-electron chi connectivity index (χ4n) is 4.07. The molecule has 0 bridgehead atoms. The molecule has 0 radical (unpaired) electrons. The molecule has 0 saturated heterocycles. The van der Waals surface area contributed by atoms with Gasteiger partial charge in [-0.25, -0.2) is 19.2 Å². The summed E-state index contributed by atoms with van der Waals surface area (Å²) >= 11 is 6.47. The van der Waals surface area contributed by atoms with E-state index in [1.54, 1.807) is 30.3 Å². The molecule has 254 valence electrons. The average Bonchev–Trinajstić information content (AvgIpc) is 3.12. The lowest BCUT2D eigenvalue weighted by Gasteiger charge is -2.20. The second-order valence-corrected chi connectivity index (χ2v) is 13.0. The van der Waals surface area contributed by atoms with Gasteiger partial charge in [0.1, 0.15) is 44.1 Å². The summed E-state index contributed by atoms with van der Waals surface area (Å²) in [4.78, 5) is 48.0. The third-order valence-corrected chi connectivity index (χ3v) is 9.38. The Hall–Kier alpha value is -5.80. The van der Waals surface area contributed by atoms with Crippen LogP contribution in [0.25, 0.3) is 11.1 Å². The van der Waals surface area contributed by atoms with Gasteiger partial charge in [0, 0.05) is 11.1 Å². The molecule has 0 aliphatic carbocycles. The molecule has 1 atom stereocenters. The second kappa shape index (κ2) is 19.3. The Morgan fingerprint density at radius 2 is 1.10 bits per heavy atom. The van der Waals surface area contributed by atoms with E-state index in [1.165, 1.54) is 19.9 Å². The number of nitrogens with zero attached hydrogens (tertiary/aromatic N) is 2. The number of nitriles is 2. The van der Waals surface area contributed by atoms with Crippen LogP contribution in [0.5, 0.6) is 0 Å². The van der Waals surface area contributed by atoms with Gasteiger partial charge in [0.05, 0.1) is 5.03 Å². The van der Waals surface area contributed by atoms with Gasteiger partial charge >= 0.3 is 23.9 Å². The van der Waals surface area contributed by atoms with Crippen LogP contribution in [-0.2, 0) is 38.1 Å². The fourth-order valence-corrected chi connectivity index (χ4v) is 6.57. The SMILES string of the molecule is C=C(C)C(=O)OCCOC(=O)C(C#N)=Cc1ccc(P(c2ccccc2)c2ccc(C(Cl)=C(C#N)C(=O)OCCOC(=O)C(=C)C)cc2)cc1. The third kappa shape index (κ3) is 11.1. The monoisotopic (exact) mass is 710 g/mol. The Bertz CT molecular complexity index is 1900. The van der Waals surface area contributed by atoms with Crippen molar-refractivity contribution in [3.8, 4) is 12.1 Å².